The van der Waals surface area contributed by atoms with E-state index in [1.807, 2.05) is 11.6 Å². The Bertz CT molecular complexity index is 531. The molecule has 2 heterocycles. The zero-order chi connectivity index (χ0) is 15.7. The summed E-state index contributed by atoms with van der Waals surface area (Å²) in [7, 11) is 2.02. The van der Waals surface area contributed by atoms with Gasteiger partial charge in [-0.25, -0.2) is 0 Å². The minimum absolute atomic E-state index is 0.244. The summed E-state index contributed by atoms with van der Waals surface area (Å²) in [6.07, 6.45) is 8.44. The van der Waals surface area contributed by atoms with Crippen molar-refractivity contribution in [2.24, 2.45) is 18.4 Å². The average molecular weight is 304 g/mol. The number of aryl methyl sites for hydroxylation is 1. The van der Waals surface area contributed by atoms with Gasteiger partial charge in [0, 0.05) is 32.5 Å². The lowest BCUT2D eigenvalue weighted by molar-refractivity contribution is -0.130. The van der Waals surface area contributed by atoms with Crippen LogP contribution in [0.4, 0.5) is 0 Å². The van der Waals surface area contributed by atoms with Gasteiger partial charge in [0.2, 0.25) is 5.91 Å². The van der Waals surface area contributed by atoms with Crippen LogP contribution < -0.4 is 0 Å². The number of amides is 1. The van der Waals surface area contributed by atoms with E-state index in [-0.39, 0.29) is 5.41 Å². The molecule has 1 aliphatic heterocycles. The molecule has 1 aromatic rings. The van der Waals surface area contributed by atoms with E-state index in [9.17, 15) is 4.79 Å². The number of hydrogen-bond donors (Lipinski definition) is 0. The van der Waals surface area contributed by atoms with Crippen LogP contribution >= 0.6 is 0 Å². The van der Waals surface area contributed by atoms with Gasteiger partial charge in [0.1, 0.15) is 12.2 Å². The fraction of sp³-hybridized carbons (Fsp3) is 0.824. The van der Waals surface area contributed by atoms with Crippen LogP contribution in [0.3, 0.4) is 0 Å². The Morgan fingerprint density at radius 3 is 2.73 bits per heavy atom. The molecule has 122 valence electrons. The Kier molecular flexibility index (Phi) is 4.24. The predicted octanol–water partition coefficient (Wildman–Crippen LogP) is 2.74. The van der Waals surface area contributed by atoms with Crippen molar-refractivity contribution >= 4 is 5.91 Å². The minimum Gasteiger partial charge on any atom is -0.341 e. The summed E-state index contributed by atoms with van der Waals surface area (Å²) in [6, 6.07) is 0. The van der Waals surface area contributed by atoms with E-state index in [1.165, 1.54) is 25.7 Å². The topological polar surface area (TPSA) is 51.0 Å². The van der Waals surface area contributed by atoms with Crippen LogP contribution in [0.2, 0.25) is 0 Å². The molecule has 5 nitrogen and oxygen atoms in total. The van der Waals surface area contributed by atoms with Crippen molar-refractivity contribution in [2.75, 3.05) is 13.1 Å². The van der Waals surface area contributed by atoms with Crippen LogP contribution in [-0.2, 0) is 11.8 Å². The maximum Gasteiger partial charge on any atom is 0.222 e. The third kappa shape index (κ3) is 2.77. The highest BCUT2D eigenvalue weighted by atomic mass is 16.2. The lowest BCUT2D eigenvalue weighted by atomic mass is 9.76. The van der Waals surface area contributed by atoms with Gasteiger partial charge in [0.05, 0.1) is 0 Å². The molecule has 2 aliphatic rings. The minimum atomic E-state index is 0.244. The molecule has 1 spiro atoms. The van der Waals surface area contributed by atoms with Gasteiger partial charge in [-0.1, -0.05) is 26.7 Å². The van der Waals surface area contributed by atoms with Crippen molar-refractivity contribution in [2.45, 2.75) is 58.3 Å². The molecule has 1 aliphatic carbocycles. The molecular formula is C17H28N4O. The Hall–Kier alpha value is -1.39. The molecule has 1 aromatic heterocycles. The second-order valence-corrected chi connectivity index (χ2v) is 7.63. The Labute approximate surface area is 133 Å². The van der Waals surface area contributed by atoms with E-state index in [4.69, 9.17) is 0 Å². The first-order chi connectivity index (χ1) is 10.5. The smallest absolute Gasteiger partial charge is 0.222 e. The SMILES string of the molecule is CC(C)CCC(=O)N1CC(c2nncn2C)C2(CCCC2)C1. The van der Waals surface area contributed by atoms with Crippen molar-refractivity contribution in [3.8, 4) is 0 Å². The van der Waals surface area contributed by atoms with E-state index < -0.39 is 0 Å². The van der Waals surface area contributed by atoms with E-state index in [1.54, 1.807) is 6.33 Å². The normalized spacial score (nSPS) is 23.8. The fourth-order valence-electron chi connectivity index (χ4n) is 4.28. The quantitative estimate of drug-likeness (QED) is 0.859. The third-order valence-electron chi connectivity index (χ3n) is 5.59. The van der Waals surface area contributed by atoms with Crippen LogP contribution in [0.25, 0.3) is 0 Å². The summed E-state index contributed by atoms with van der Waals surface area (Å²) in [6.45, 7) is 6.10. The molecule has 5 heteroatoms. The van der Waals surface area contributed by atoms with Gasteiger partial charge in [-0.15, -0.1) is 10.2 Å². The second kappa shape index (κ2) is 6.01. The molecule has 0 radical (unpaired) electrons. The highest BCUT2D eigenvalue weighted by molar-refractivity contribution is 5.76. The van der Waals surface area contributed by atoms with Gasteiger partial charge < -0.3 is 9.47 Å². The zero-order valence-corrected chi connectivity index (χ0v) is 14.1. The van der Waals surface area contributed by atoms with Crippen molar-refractivity contribution in [3.63, 3.8) is 0 Å². The summed E-state index contributed by atoms with van der Waals surface area (Å²) >= 11 is 0. The Morgan fingerprint density at radius 1 is 1.41 bits per heavy atom. The monoisotopic (exact) mass is 304 g/mol. The van der Waals surface area contributed by atoms with Crippen molar-refractivity contribution in [1.82, 2.24) is 19.7 Å². The van der Waals surface area contributed by atoms with E-state index in [2.05, 4.69) is 28.9 Å². The molecule has 0 bridgehead atoms. The van der Waals surface area contributed by atoms with Crippen molar-refractivity contribution in [1.29, 1.82) is 0 Å². The second-order valence-electron chi connectivity index (χ2n) is 7.63. The first-order valence-electron chi connectivity index (χ1n) is 8.63. The molecule has 0 N–H and O–H groups in total. The third-order valence-corrected chi connectivity index (χ3v) is 5.59. The number of nitrogens with zero attached hydrogens (tertiary/aromatic N) is 4. The first kappa shape index (κ1) is 15.5. The standard InChI is InChI=1S/C17H28N4O/c1-13(2)6-7-15(22)21-10-14(16-19-18-12-20(16)3)17(11-21)8-4-5-9-17/h12-14H,4-11H2,1-3H3. The number of aromatic nitrogens is 3. The molecule has 1 atom stereocenters. The summed E-state index contributed by atoms with van der Waals surface area (Å²) in [5, 5.41) is 8.42. The summed E-state index contributed by atoms with van der Waals surface area (Å²) in [4.78, 5) is 14.7. The number of rotatable bonds is 4. The van der Waals surface area contributed by atoms with E-state index in [0.29, 0.717) is 24.2 Å². The zero-order valence-electron chi connectivity index (χ0n) is 14.1. The van der Waals surface area contributed by atoms with Crippen molar-refractivity contribution in [3.05, 3.63) is 12.2 Å². The van der Waals surface area contributed by atoms with E-state index in [0.717, 1.165) is 25.3 Å². The number of carbonyl (C=O) groups is 1. The summed E-state index contributed by atoms with van der Waals surface area (Å²) in [5.74, 6) is 2.32. The van der Waals surface area contributed by atoms with Crippen LogP contribution in [0.15, 0.2) is 6.33 Å². The van der Waals surface area contributed by atoms with Crippen molar-refractivity contribution < 1.29 is 4.79 Å². The maximum absolute atomic E-state index is 12.6. The molecule has 1 saturated heterocycles. The largest absolute Gasteiger partial charge is 0.341 e. The molecule has 2 fully saturated rings. The lowest BCUT2D eigenvalue weighted by Crippen LogP contribution is -2.31. The molecule has 3 rings (SSSR count). The summed E-state index contributed by atoms with van der Waals surface area (Å²) < 4.78 is 2.03. The van der Waals surface area contributed by atoms with Crippen LogP contribution in [0.5, 0.6) is 0 Å². The highest BCUT2D eigenvalue weighted by Gasteiger charge is 2.51. The number of likely N-dealkylation sites (tertiary alicyclic amines) is 1. The maximum atomic E-state index is 12.6. The summed E-state index contributed by atoms with van der Waals surface area (Å²) in [5.41, 5.74) is 0.244. The van der Waals surface area contributed by atoms with Gasteiger partial charge in [-0.2, -0.15) is 0 Å². The van der Waals surface area contributed by atoms with Crippen LogP contribution in [-0.4, -0.2) is 38.7 Å². The molecular weight excluding hydrogens is 276 g/mol. The lowest BCUT2D eigenvalue weighted by Gasteiger charge is -2.28. The van der Waals surface area contributed by atoms with E-state index >= 15 is 0 Å². The van der Waals surface area contributed by atoms with Gasteiger partial charge in [-0.05, 0) is 30.6 Å². The Balaban J connectivity index is 1.78. The van der Waals surface area contributed by atoms with Gasteiger partial charge >= 0.3 is 0 Å². The number of hydrogen-bond acceptors (Lipinski definition) is 3. The fourth-order valence-corrected chi connectivity index (χ4v) is 4.28. The van der Waals surface area contributed by atoms with Gasteiger partial charge in [-0.3, -0.25) is 4.79 Å². The van der Waals surface area contributed by atoms with Gasteiger partial charge in [0.15, 0.2) is 0 Å². The molecule has 1 amide bonds. The van der Waals surface area contributed by atoms with Gasteiger partial charge in [0.25, 0.3) is 0 Å². The average Bonchev–Trinajstić information content (AvgIpc) is 3.18. The predicted molar refractivity (Wildman–Crippen MR) is 85.3 cm³/mol. The molecule has 0 aromatic carbocycles. The van der Waals surface area contributed by atoms with Crippen LogP contribution in [0, 0.1) is 11.3 Å². The highest BCUT2D eigenvalue weighted by Crippen LogP contribution is 2.52. The first-order valence-corrected chi connectivity index (χ1v) is 8.63. The molecule has 1 saturated carbocycles. The van der Waals surface area contributed by atoms with Crippen LogP contribution in [0.1, 0.15) is 64.1 Å². The molecule has 1 unspecified atom stereocenters. The molecule has 22 heavy (non-hydrogen) atoms. The Morgan fingerprint density at radius 2 is 2.14 bits per heavy atom. The number of carbonyl (C=O) groups excluding carboxylic acids is 1.